The highest BCUT2D eigenvalue weighted by atomic mass is 31.2. The van der Waals surface area contributed by atoms with E-state index in [4.69, 9.17) is 37.0 Å². The molecule has 0 rings (SSSR count). The van der Waals surface area contributed by atoms with Gasteiger partial charge < -0.3 is 33.8 Å². The molecule has 87 heavy (non-hydrogen) atoms. The minimum atomic E-state index is -4.95. The van der Waals surface area contributed by atoms with E-state index in [1.165, 1.54) is 122 Å². The van der Waals surface area contributed by atoms with Gasteiger partial charge >= 0.3 is 39.5 Å². The summed E-state index contributed by atoms with van der Waals surface area (Å²) in [6.07, 6.45) is 38.9. The molecule has 516 valence electrons. The Morgan fingerprint density at radius 2 is 0.552 bits per heavy atom. The third-order valence-electron chi connectivity index (χ3n) is 16.7. The van der Waals surface area contributed by atoms with Crippen LogP contribution in [-0.2, 0) is 65.4 Å². The van der Waals surface area contributed by atoms with Crippen molar-refractivity contribution in [2.45, 2.75) is 350 Å². The molecule has 0 aliphatic rings. The fraction of sp³-hybridized carbons (Fsp3) is 0.941. The average Bonchev–Trinajstić information content (AvgIpc) is 3.69. The zero-order valence-electron chi connectivity index (χ0n) is 56.6. The van der Waals surface area contributed by atoms with Crippen LogP contribution in [0.15, 0.2) is 0 Å². The number of esters is 4. The summed E-state index contributed by atoms with van der Waals surface area (Å²) >= 11 is 0. The highest BCUT2D eigenvalue weighted by Gasteiger charge is 2.30. The number of aliphatic hydroxyl groups is 1. The van der Waals surface area contributed by atoms with Gasteiger partial charge in [-0.1, -0.05) is 280 Å². The normalized spacial score (nSPS) is 15.3. The van der Waals surface area contributed by atoms with Crippen molar-refractivity contribution in [3.8, 4) is 0 Å². The highest BCUT2D eigenvalue weighted by molar-refractivity contribution is 7.47. The summed E-state index contributed by atoms with van der Waals surface area (Å²) in [4.78, 5) is 72.4. The van der Waals surface area contributed by atoms with Crippen LogP contribution in [0.1, 0.15) is 331 Å². The van der Waals surface area contributed by atoms with Gasteiger partial charge in [-0.25, -0.2) is 9.13 Å². The topological polar surface area (TPSA) is 237 Å². The van der Waals surface area contributed by atoms with Crippen LogP contribution < -0.4 is 0 Å². The molecule has 0 amide bonds. The Kier molecular flexibility index (Phi) is 56.6. The predicted molar refractivity (Wildman–Crippen MR) is 349 cm³/mol. The monoisotopic (exact) mass is 1280 g/mol. The molecule has 0 saturated heterocycles. The lowest BCUT2D eigenvalue weighted by Crippen LogP contribution is -2.30. The molecule has 0 aromatic rings. The Labute approximate surface area is 530 Å². The Balaban J connectivity index is 5.26. The number of hydrogen-bond donors (Lipinski definition) is 3. The van der Waals surface area contributed by atoms with E-state index >= 15 is 0 Å². The lowest BCUT2D eigenvalue weighted by atomic mass is 9.99. The first-order chi connectivity index (χ1) is 41.7. The first-order valence-corrected chi connectivity index (χ1v) is 38.3. The lowest BCUT2D eigenvalue weighted by molar-refractivity contribution is -0.161. The maximum atomic E-state index is 13.0. The van der Waals surface area contributed by atoms with Crippen LogP contribution in [0.2, 0.25) is 0 Å². The Morgan fingerprint density at radius 1 is 0.322 bits per heavy atom. The van der Waals surface area contributed by atoms with Gasteiger partial charge in [0.05, 0.1) is 26.4 Å². The van der Waals surface area contributed by atoms with E-state index in [0.717, 1.165) is 126 Å². The minimum Gasteiger partial charge on any atom is -0.462 e. The summed E-state index contributed by atoms with van der Waals surface area (Å²) in [6, 6.07) is 0. The van der Waals surface area contributed by atoms with Crippen molar-refractivity contribution < 1.29 is 80.2 Å². The molecule has 0 aliphatic carbocycles. The number of phosphoric ester groups is 2. The van der Waals surface area contributed by atoms with Crippen molar-refractivity contribution >= 4 is 39.5 Å². The van der Waals surface area contributed by atoms with E-state index in [9.17, 15) is 43.2 Å². The van der Waals surface area contributed by atoms with Crippen molar-refractivity contribution in [2.75, 3.05) is 39.6 Å². The van der Waals surface area contributed by atoms with Gasteiger partial charge in [0.15, 0.2) is 12.2 Å². The molecule has 0 spiro atoms. The minimum absolute atomic E-state index is 0.103. The predicted octanol–water partition coefficient (Wildman–Crippen LogP) is 18.9. The smallest absolute Gasteiger partial charge is 0.462 e. The molecule has 8 atom stereocenters. The summed E-state index contributed by atoms with van der Waals surface area (Å²) in [5, 5.41) is 10.6. The number of ether oxygens (including phenoxy) is 4. The van der Waals surface area contributed by atoms with Gasteiger partial charge in [-0.05, 0) is 49.4 Å². The molecule has 0 saturated carbocycles. The molecule has 17 nitrogen and oxygen atoms in total. The summed E-state index contributed by atoms with van der Waals surface area (Å²) in [5.41, 5.74) is 0. The van der Waals surface area contributed by atoms with Crippen LogP contribution >= 0.6 is 15.6 Å². The molecule has 0 radical (unpaired) electrons. The molecule has 0 fully saturated rings. The van der Waals surface area contributed by atoms with Crippen LogP contribution in [0.5, 0.6) is 0 Å². The molecule has 0 bridgehead atoms. The highest BCUT2D eigenvalue weighted by Crippen LogP contribution is 2.45. The number of phosphoric acid groups is 2. The van der Waals surface area contributed by atoms with Gasteiger partial charge in [0.25, 0.3) is 0 Å². The van der Waals surface area contributed by atoms with Crippen LogP contribution in [0.3, 0.4) is 0 Å². The maximum Gasteiger partial charge on any atom is 0.472 e. The number of hydrogen-bond acceptors (Lipinski definition) is 15. The molecule has 0 aliphatic heterocycles. The second kappa shape index (κ2) is 57.9. The Hall–Kier alpha value is -1.94. The van der Waals surface area contributed by atoms with Gasteiger partial charge in [0, 0.05) is 25.7 Å². The van der Waals surface area contributed by atoms with Crippen molar-refractivity contribution in [3.63, 3.8) is 0 Å². The fourth-order valence-electron chi connectivity index (χ4n) is 10.0. The van der Waals surface area contributed by atoms with Gasteiger partial charge in [-0.2, -0.15) is 0 Å². The Morgan fingerprint density at radius 3 is 0.816 bits per heavy atom. The molecule has 19 heteroatoms. The van der Waals surface area contributed by atoms with E-state index < -0.39 is 97.5 Å². The van der Waals surface area contributed by atoms with Gasteiger partial charge in [0.2, 0.25) is 0 Å². The zero-order valence-corrected chi connectivity index (χ0v) is 58.4. The molecule has 0 aromatic carbocycles. The molecule has 5 unspecified atom stereocenters. The zero-order chi connectivity index (χ0) is 64.7. The molecular formula is C68H132O17P2. The summed E-state index contributed by atoms with van der Waals surface area (Å²) in [5.74, 6) is 0.873. The van der Waals surface area contributed by atoms with Gasteiger partial charge in [0.1, 0.15) is 19.3 Å². The van der Waals surface area contributed by atoms with E-state index in [0.29, 0.717) is 25.7 Å². The molecule has 0 aromatic heterocycles. The number of rotatable bonds is 65. The van der Waals surface area contributed by atoms with Crippen LogP contribution in [0, 0.1) is 23.7 Å². The quantitative estimate of drug-likeness (QED) is 0.0222. The number of carbonyl (C=O) groups excluding carboxylic acids is 4. The average molecular weight is 1280 g/mol. The van der Waals surface area contributed by atoms with Crippen molar-refractivity contribution in [1.82, 2.24) is 0 Å². The second-order valence-electron chi connectivity index (χ2n) is 25.8. The first kappa shape index (κ1) is 85.1. The van der Waals surface area contributed by atoms with Gasteiger partial charge in [-0.3, -0.25) is 37.3 Å². The summed E-state index contributed by atoms with van der Waals surface area (Å²) < 4.78 is 68.2. The standard InChI is InChI=1S/C68H132O17P2/c1-9-59(6)45-37-29-21-18-19-23-35-43-51-68(73)85-64(55-79-66(71)49-41-33-27-25-31-39-47-61(8)11-3)57-83-87(76,77)81-53-62(69)52-80-86(74,75)82-56-63(54-78-65(70)48-40-32-26-24-30-38-46-60(7)10-2)84-67(72)50-42-34-22-17-15-13-12-14-16-20-28-36-44-58(4)5/h58-64,69H,9-57H2,1-8H3,(H,74,75)(H,76,77)/t59?,60?,61?,62-,63-,64-/m1/s1. The van der Waals surface area contributed by atoms with E-state index in [1.54, 1.807) is 0 Å². The number of unbranched alkanes of at least 4 members (excludes halogenated alkanes) is 28. The molecule has 3 N–H and O–H groups in total. The molecule has 0 heterocycles. The second-order valence-corrected chi connectivity index (χ2v) is 28.7. The van der Waals surface area contributed by atoms with Crippen LogP contribution in [0.25, 0.3) is 0 Å². The third kappa shape index (κ3) is 58.9. The van der Waals surface area contributed by atoms with E-state index in [-0.39, 0.29) is 25.7 Å². The SMILES string of the molecule is CCC(C)CCCCCCCCCCC(=O)O[C@H](COC(=O)CCCCCCCCC(C)CC)COP(=O)(O)OC[C@H](O)COP(=O)(O)OC[C@@H](COC(=O)CCCCCCCCC(C)CC)OC(=O)CCCCCCCCCCCCCCC(C)C. The number of aliphatic hydroxyl groups excluding tert-OH is 1. The van der Waals surface area contributed by atoms with Gasteiger partial charge in [-0.15, -0.1) is 0 Å². The maximum absolute atomic E-state index is 13.0. The van der Waals surface area contributed by atoms with Crippen LogP contribution in [-0.4, -0.2) is 96.7 Å². The summed E-state index contributed by atoms with van der Waals surface area (Å²) in [7, 11) is -9.90. The lowest BCUT2D eigenvalue weighted by Gasteiger charge is -2.21. The Bertz CT molecular complexity index is 1740. The van der Waals surface area contributed by atoms with E-state index in [1.807, 2.05) is 0 Å². The van der Waals surface area contributed by atoms with Crippen molar-refractivity contribution in [3.05, 3.63) is 0 Å². The first-order valence-electron chi connectivity index (χ1n) is 35.3. The summed E-state index contributed by atoms with van der Waals surface area (Å²) in [6.45, 7) is 14.1. The largest absolute Gasteiger partial charge is 0.472 e. The third-order valence-corrected chi connectivity index (χ3v) is 18.6. The fourth-order valence-corrected chi connectivity index (χ4v) is 11.6. The van der Waals surface area contributed by atoms with Crippen LogP contribution in [0.4, 0.5) is 0 Å². The van der Waals surface area contributed by atoms with E-state index in [2.05, 4.69) is 55.4 Å². The molecular weight excluding hydrogens is 1150 g/mol. The van der Waals surface area contributed by atoms with Crippen molar-refractivity contribution in [2.24, 2.45) is 23.7 Å². The van der Waals surface area contributed by atoms with Crippen molar-refractivity contribution in [1.29, 1.82) is 0 Å². The number of carbonyl (C=O) groups is 4.